The fraction of sp³-hybridized carbons (Fsp3) is 0.714. The van der Waals surface area contributed by atoms with Crippen LogP contribution in [0.3, 0.4) is 0 Å². The second-order valence-corrected chi connectivity index (χ2v) is 8.86. The number of sulfone groups is 1. The van der Waals surface area contributed by atoms with E-state index in [-0.39, 0.29) is 23.8 Å². The quantitative estimate of drug-likeness (QED) is 0.775. The van der Waals surface area contributed by atoms with Crippen molar-refractivity contribution in [2.45, 2.75) is 30.9 Å². The number of morpholine rings is 1. The smallest absolute Gasteiger partial charge is 0.223 e. The van der Waals surface area contributed by atoms with Crippen LogP contribution in [0.5, 0.6) is 0 Å². The Morgan fingerprint density at radius 3 is 2.77 bits per heavy atom. The van der Waals surface area contributed by atoms with Gasteiger partial charge in [-0.25, -0.2) is 13.4 Å². The lowest BCUT2D eigenvalue weighted by Crippen LogP contribution is -2.41. The lowest BCUT2D eigenvalue weighted by molar-refractivity contribution is -0.134. The van der Waals surface area contributed by atoms with Gasteiger partial charge in [-0.2, -0.15) is 0 Å². The summed E-state index contributed by atoms with van der Waals surface area (Å²) in [4.78, 5) is 18.1. The van der Waals surface area contributed by atoms with E-state index in [0.29, 0.717) is 37.9 Å². The molecule has 0 radical (unpaired) electrons. The van der Waals surface area contributed by atoms with Gasteiger partial charge < -0.3 is 9.64 Å². The molecule has 6 nitrogen and oxygen atoms in total. The Balaban J connectivity index is 1.50. The molecule has 1 saturated heterocycles. The van der Waals surface area contributed by atoms with E-state index in [1.54, 1.807) is 16.2 Å². The third-order valence-corrected chi connectivity index (χ3v) is 6.47. The van der Waals surface area contributed by atoms with Crippen molar-refractivity contribution in [2.75, 3.05) is 32.1 Å². The highest BCUT2D eigenvalue weighted by atomic mass is 32.2. The van der Waals surface area contributed by atoms with E-state index < -0.39 is 9.84 Å². The molecule has 0 atom stereocenters. The van der Waals surface area contributed by atoms with Crippen LogP contribution in [0.15, 0.2) is 5.38 Å². The summed E-state index contributed by atoms with van der Waals surface area (Å²) in [6.45, 7) is 2.16. The normalized spacial score (nSPS) is 19.4. The lowest BCUT2D eigenvalue weighted by Gasteiger charge is -2.26. The van der Waals surface area contributed by atoms with Gasteiger partial charge in [0, 0.05) is 30.8 Å². The Hall–Kier alpha value is -0.990. The SMILES string of the molecule is O=C(CCS(=O)(=O)Cc1csc(C2CC2)n1)N1CCOCC1. The molecule has 0 unspecified atom stereocenters. The molecule has 22 heavy (non-hydrogen) atoms. The van der Waals surface area contributed by atoms with E-state index in [1.807, 2.05) is 5.38 Å². The number of aromatic nitrogens is 1. The molecule has 0 aromatic carbocycles. The largest absolute Gasteiger partial charge is 0.378 e. The minimum Gasteiger partial charge on any atom is -0.378 e. The Kier molecular flexibility index (Phi) is 4.79. The van der Waals surface area contributed by atoms with Gasteiger partial charge in [0.05, 0.1) is 35.4 Å². The van der Waals surface area contributed by atoms with E-state index in [0.717, 1.165) is 17.8 Å². The van der Waals surface area contributed by atoms with Crippen LogP contribution in [0.4, 0.5) is 0 Å². The molecule has 3 rings (SSSR count). The van der Waals surface area contributed by atoms with E-state index in [9.17, 15) is 13.2 Å². The molecule has 1 aliphatic carbocycles. The highest BCUT2D eigenvalue weighted by Crippen LogP contribution is 2.41. The van der Waals surface area contributed by atoms with Gasteiger partial charge in [0.25, 0.3) is 0 Å². The highest BCUT2D eigenvalue weighted by molar-refractivity contribution is 7.90. The number of thiazole rings is 1. The van der Waals surface area contributed by atoms with Crippen molar-refractivity contribution >= 4 is 27.1 Å². The molecule has 122 valence electrons. The number of rotatable bonds is 6. The molecule has 8 heteroatoms. The summed E-state index contributed by atoms with van der Waals surface area (Å²) in [6.07, 6.45) is 2.36. The zero-order valence-corrected chi connectivity index (χ0v) is 14.0. The third-order valence-electron chi connectivity index (χ3n) is 3.85. The van der Waals surface area contributed by atoms with E-state index in [2.05, 4.69) is 4.98 Å². The van der Waals surface area contributed by atoms with Crippen LogP contribution in [0.1, 0.15) is 35.9 Å². The first-order chi connectivity index (χ1) is 10.5. The van der Waals surface area contributed by atoms with Crippen LogP contribution in [-0.4, -0.2) is 56.3 Å². The summed E-state index contributed by atoms with van der Waals surface area (Å²) in [6, 6.07) is 0. The van der Waals surface area contributed by atoms with Crippen LogP contribution >= 0.6 is 11.3 Å². The number of carbonyl (C=O) groups excluding carboxylic acids is 1. The summed E-state index contributed by atoms with van der Waals surface area (Å²) < 4.78 is 29.5. The maximum atomic E-state index is 12.2. The van der Waals surface area contributed by atoms with Gasteiger partial charge in [0.1, 0.15) is 0 Å². The van der Waals surface area contributed by atoms with Crippen molar-refractivity contribution in [1.82, 2.24) is 9.88 Å². The summed E-state index contributed by atoms with van der Waals surface area (Å²) >= 11 is 1.54. The molecule has 0 N–H and O–H groups in total. The van der Waals surface area contributed by atoms with Gasteiger partial charge in [-0.1, -0.05) is 0 Å². The molecule has 2 heterocycles. The molecule has 0 spiro atoms. The van der Waals surface area contributed by atoms with Crippen molar-refractivity contribution in [3.05, 3.63) is 16.1 Å². The van der Waals surface area contributed by atoms with Crippen LogP contribution in [0.2, 0.25) is 0 Å². The van der Waals surface area contributed by atoms with E-state index in [1.165, 1.54) is 0 Å². The fourth-order valence-corrected chi connectivity index (χ4v) is 4.74. The molecule has 1 aromatic rings. The Morgan fingerprint density at radius 2 is 2.09 bits per heavy atom. The minimum atomic E-state index is -3.29. The Bertz CT molecular complexity index is 631. The van der Waals surface area contributed by atoms with Crippen molar-refractivity contribution < 1.29 is 17.9 Å². The fourth-order valence-electron chi connectivity index (χ4n) is 2.42. The molecular formula is C14H20N2O4S2. The molecule has 1 saturated carbocycles. The highest BCUT2D eigenvalue weighted by Gasteiger charge is 2.27. The number of hydrogen-bond acceptors (Lipinski definition) is 6. The first-order valence-electron chi connectivity index (χ1n) is 7.54. The van der Waals surface area contributed by atoms with Crippen LogP contribution in [-0.2, 0) is 25.1 Å². The molecule has 1 amide bonds. The molecule has 0 bridgehead atoms. The van der Waals surface area contributed by atoms with Gasteiger partial charge >= 0.3 is 0 Å². The van der Waals surface area contributed by atoms with Crippen LogP contribution < -0.4 is 0 Å². The van der Waals surface area contributed by atoms with Crippen LogP contribution in [0.25, 0.3) is 0 Å². The summed E-state index contributed by atoms with van der Waals surface area (Å²) in [5.74, 6) is 0.264. The molecule has 2 fully saturated rings. The third kappa shape index (κ3) is 4.27. The second kappa shape index (κ2) is 6.64. The summed E-state index contributed by atoms with van der Waals surface area (Å²) in [7, 11) is -3.29. The van der Waals surface area contributed by atoms with Crippen molar-refractivity contribution in [3.8, 4) is 0 Å². The average molecular weight is 344 g/mol. The van der Waals surface area contributed by atoms with E-state index >= 15 is 0 Å². The van der Waals surface area contributed by atoms with E-state index in [4.69, 9.17) is 4.74 Å². The number of nitrogens with zero attached hydrogens (tertiary/aromatic N) is 2. The molecular weight excluding hydrogens is 324 g/mol. The zero-order valence-electron chi connectivity index (χ0n) is 12.4. The number of amides is 1. The van der Waals surface area contributed by atoms with Crippen molar-refractivity contribution in [2.24, 2.45) is 0 Å². The number of ether oxygens (including phenoxy) is 1. The minimum absolute atomic E-state index is 0.0436. The van der Waals surface area contributed by atoms with Gasteiger partial charge in [-0.3, -0.25) is 4.79 Å². The standard InChI is InChI=1S/C14H20N2O4S2/c17-13(16-4-6-20-7-5-16)3-8-22(18,19)10-12-9-21-14(15-12)11-1-2-11/h9,11H,1-8,10H2. The maximum absolute atomic E-state index is 12.2. The van der Waals surface area contributed by atoms with Crippen LogP contribution in [0, 0.1) is 0 Å². The molecule has 1 aliphatic heterocycles. The van der Waals surface area contributed by atoms with Gasteiger partial charge in [-0.05, 0) is 12.8 Å². The van der Waals surface area contributed by atoms with Crippen molar-refractivity contribution in [1.29, 1.82) is 0 Å². The molecule has 2 aliphatic rings. The first kappa shape index (κ1) is 15.9. The summed E-state index contributed by atoms with van der Waals surface area (Å²) in [5.41, 5.74) is 0.616. The average Bonchev–Trinajstić information content (AvgIpc) is 3.26. The Morgan fingerprint density at radius 1 is 1.36 bits per heavy atom. The second-order valence-electron chi connectivity index (χ2n) is 5.79. The lowest BCUT2D eigenvalue weighted by atomic mass is 10.3. The molecule has 1 aromatic heterocycles. The predicted octanol–water partition coefficient (Wildman–Crippen LogP) is 1.18. The summed E-state index contributed by atoms with van der Waals surface area (Å²) in [5, 5.41) is 2.88. The van der Waals surface area contributed by atoms with Gasteiger partial charge in [0.15, 0.2) is 9.84 Å². The monoisotopic (exact) mass is 344 g/mol. The Labute approximate surface area is 134 Å². The van der Waals surface area contributed by atoms with Crippen molar-refractivity contribution in [3.63, 3.8) is 0 Å². The zero-order chi connectivity index (χ0) is 15.6. The van der Waals surface area contributed by atoms with Gasteiger partial charge in [-0.15, -0.1) is 11.3 Å². The topological polar surface area (TPSA) is 76.6 Å². The number of carbonyl (C=O) groups is 1. The maximum Gasteiger partial charge on any atom is 0.223 e. The first-order valence-corrected chi connectivity index (χ1v) is 10.2. The van der Waals surface area contributed by atoms with Gasteiger partial charge in [0.2, 0.25) is 5.91 Å². The predicted molar refractivity (Wildman–Crippen MR) is 83.6 cm³/mol. The number of hydrogen-bond donors (Lipinski definition) is 0.